The lowest BCUT2D eigenvalue weighted by Gasteiger charge is -2.13. The van der Waals surface area contributed by atoms with E-state index < -0.39 is 0 Å². The molecule has 0 radical (unpaired) electrons. The van der Waals surface area contributed by atoms with Crippen LogP contribution in [0.2, 0.25) is 0 Å². The molecule has 0 saturated carbocycles. The monoisotopic (exact) mass is 553 g/mol. The predicted molar refractivity (Wildman–Crippen MR) is 178 cm³/mol. The zero-order chi connectivity index (χ0) is 27.6. The van der Waals surface area contributed by atoms with E-state index >= 15 is 0 Å². The van der Waals surface area contributed by atoms with Crippen LogP contribution in [0.5, 0.6) is 0 Å². The van der Waals surface area contributed by atoms with Crippen LogP contribution in [0.1, 0.15) is 0 Å². The van der Waals surface area contributed by atoms with Crippen molar-refractivity contribution in [2.45, 2.75) is 0 Å². The third-order valence-electron chi connectivity index (χ3n) is 8.25. The summed E-state index contributed by atoms with van der Waals surface area (Å²) in [6.45, 7) is 0. The van der Waals surface area contributed by atoms with Crippen molar-refractivity contribution < 1.29 is 0 Å². The van der Waals surface area contributed by atoms with Gasteiger partial charge in [-0.1, -0.05) is 115 Å². The zero-order valence-electron chi connectivity index (χ0n) is 22.5. The molecule has 196 valence electrons. The fraction of sp³-hybridized carbons (Fsp3) is 0. The highest BCUT2D eigenvalue weighted by Crippen LogP contribution is 2.41. The summed E-state index contributed by atoms with van der Waals surface area (Å²) in [5.41, 5.74) is 7.60. The van der Waals surface area contributed by atoms with Crippen molar-refractivity contribution in [2.24, 2.45) is 0 Å². The Morgan fingerprint density at radius 3 is 1.74 bits per heavy atom. The highest BCUT2D eigenvalue weighted by molar-refractivity contribution is 7.26. The van der Waals surface area contributed by atoms with E-state index in [2.05, 4.69) is 144 Å². The van der Waals surface area contributed by atoms with Gasteiger partial charge in [-0.2, -0.15) is 0 Å². The molecule has 0 bridgehead atoms. The van der Waals surface area contributed by atoms with E-state index in [1.54, 1.807) is 0 Å². The van der Waals surface area contributed by atoms with Crippen LogP contribution in [0.15, 0.2) is 140 Å². The van der Waals surface area contributed by atoms with Crippen LogP contribution in [-0.4, -0.2) is 14.5 Å². The lowest BCUT2D eigenvalue weighted by atomic mass is 10.0. The van der Waals surface area contributed by atoms with Gasteiger partial charge in [-0.15, -0.1) is 11.3 Å². The van der Waals surface area contributed by atoms with Gasteiger partial charge in [0, 0.05) is 37.2 Å². The number of thiophene rings is 1. The maximum absolute atomic E-state index is 5.35. The molecule has 3 heterocycles. The Kier molecular flexibility index (Phi) is 5.07. The van der Waals surface area contributed by atoms with Crippen LogP contribution in [-0.2, 0) is 0 Å². The van der Waals surface area contributed by atoms with Gasteiger partial charge in [0.2, 0.25) is 5.95 Å². The third kappa shape index (κ3) is 3.46. The minimum atomic E-state index is 0.687. The summed E-state index contributed by atoms with van der Waals surface area (Å²) >= 11 is 1.81. The van der Waals surface area contributed by atoms with Gasteiger partial charge in [-0.25, -0.2) is 9.97 Å². The van der Waals surface area contributed by atoms with Gasteiger partial charge in [0.05, 0.1) is 26.9 Å². The third-order valence-corrected chi connectivity index (χ3v) is 9.44. The van der Waals surface area contributed by atoms with Crippen molar-refractivity contribution in [1.82, 2.24) is 14.5 Å². The molecule has 4 heteroatoms. The van der Waals surface area contributed by atoms with E-state index in [9.17, 15) is 0 Å². The van der Waals surface area contributed by atoms with Gasteiger partial charge in [-0.3, -0.25) is 4.57 Å². The Morgan fingerprint density at radius 2 is 1.00 bits per heavy atom. The average Bonchev–Trinajstić information content (AvgIpc) is 3.61. The van der Waals surface area contributed by atoms with Crippen molar-refractivity contribution >= 4 is 64.2 Å². The summed E-state index contributed by atoms with van der Waals surface area (Å²) in [5.74, 6) is 0.687. The topological polar surface area (TPSA) is 30.7 Å². The number of hydrogen-bond donors (Lipinski definition) is 0. The van der Waals surface area contributed by atoms with Gasteiger partial charge in [-0.05, 0) is 35.4 Å². The maximum Gasteiger partial charge on any atom is 0.235 e. The molecule has 0 fully saturated rings. The van der Waals surface area contributed by atoms with Crippen LogP contribution >= 0.6 is 11.3 Å². The van der Waals surface area contributed by atoms with E-state index in [0.717, 1.165) is 33.2 Å². The summed E-state index contributed by atoms with van der Waals surface area (Å²) in [6, 6.07) is 49.4. The Hall–Kier alpha value is -5.32. The highest BCUT2D eigenvalue weighted by atomic mass is 32.1. The Labute approximate surface area is 246 Å². The fourth-order valence-electron chi connectivity index (χ4n) is 6.27. The Balaban J connectivity index is 1.37. The SMILES string of the molecule is c1ccc(-c2ccc(-c3nc(-n4c5ccccc5c5ccccc54)nc4c3ccc3c5ccccc5sc34)cc2)cc1. The second-order valence-corrected chi connectivity index (χ2v) is 11.7. The molecule has 0 amide bonds. The first-order valence-corrected chi connectivity index (χ1v) is 14.9. The number of nitrogens with zero attached hydrogens (tertiary/aromatic N) is 3. The van der Waals surface area contributed by atoms with E-state index in [1.165, 1.54) is 42.1 Å². The van der Waals surface area contributed by atoms with Gasteiger partial charge < -0.3 is 0 Å². The molecule has 6 aromatic carbocycles. The molecule has 0 N–H and O–H groups in total. The average molecular weight is 554 g/mol. The summed E-state index contributed by atoms with van der Waals surface area (Å²) in [5, 5.41) is 5.97. The standard InChI is InChI=1S/C38H23N3S/c1-2-10-24(11-3-1)25-18-20-26(21-19-25)35-31-23-22-30-29-14-6-9-17-34(29)42-37(30)36(31)40-38(39-35)41-32-15-7-4-12-27(32)28-13-5-8-16-33(28)41/h1-23H. The van der Waals surface area contributed by atoms with Crippen molar-refractivity contribution in [1.29, 1.82) is 0 Å². The number of para-hydroxylation sites is 2. The first-order chi connectivity index (χ1) is 20.8. The number of benzene rings is 6. The van der Waals surface area contributed by atoms with Crippen molar-refractivity contribution in [2.75, 3.05) is 0 Å². The first kappa shape index (κ1) is 23.4. The molecule has 0 unspecified atom stereocenters. The smallest absolute Gasteiger partial charge is 0.235 e. The fourth-order valence-corrected chi connectivity index (χ4v) is 7.47. The van der Waals surface area contributed by atoms with Gasteiger partial charge >= 0.3 is 0 Å². The van der Waals surface area contributed by atoms with E-state index in [4.69, 9.17) is 9.97 Å². The second kappa shape index (κ2) is 9.10. The van der Waals surface area contributed by atoms with Crippen molar-refractivity contribution in [3.8, 4) is 28.3 Å². The Morgan fingerprint density at radius 1 is 0.429 bits per heavy atom. The molecule has 3 nitrogen and oxygen atoms in total. The molecule has 9 rings (SSSR count). The van der Waals surface area contributed by atoms with Crippen LogP contribution in [0.25, 0.3) is 81.2 Å². The van der Waals surface area contributed by atoms with Crippen molar-refractivity contribution in [3.63, 3.8) is 0 Å². The van der Waals surface area contributed by atoms with Crippen LogP contribution in [0.3, 0.4) is 0 Å². The molecule has 0 saturated heterocycles. The summed E-state index contributed by atoms with van der Waals surface area (Å²) < 4.78 is 4.68. The normalized spacial score (nSPS) is 11.8. The molecule has 0 aliphatic carbocycles. The molecule has 0 aliphatic rings. The van der Waals surface area contributed by atoms with E-state index in [1.807, 2.05) is 11.3 Å². The van der Waals surface area contributed by atoms with E-state index in [-0.39, 0.29) is 0 Å². The second-order valence-electron chi connectivity index (χ2n) is 10.6. The summed E-state index contributed by atoms with van der Waals surface area (Å²) in [7, 11) is 0. The minimum absolute atomic E-state index is 0.687. The van der Waals surface area contributed by atoms with Crippen LogP contribution in [0, 0.1) is 0 Å². The molecular weight excluding hydrogens is 531 g/mol. The molecule has 9 aromatic rings. The largest absolute Gasteiger partial charge is 0.278 e. The molecule has 3 aromatic heterocycles. The minimum Gasteiger partial charge on any atom is -0.278 e. The molecule has 0 atom stereocenters. The summed E-state index contributed by atoms with van der Waals surface area (Å²) in [4.78, 5) is 10.7. The van der Waals surface area contributed by atoms with E-state index in [0.29, 0.717) is 5.95 Å². The van der Waals surface area contributed by atoms with Crippen LogP contribution in [0.4, 0.5) is 0 Å². The van der Waals surface area contributed by atoms with Gasteiger partial charge in [0.15, 0.2) is 0 Å². The van der Waals surface area contributed by atoms with Crippen molar-refractivity contribution in [3.05, 3.63) is 140 Å². The number of hydrogen-bond acceptors (Lipinski definition) is 3. The lowest BCUT2D eigenvalue weighted by Crippen LogP contribution is -2.03. The lowest BCUT2D eigenvalue weighted by molar-refractivity contribution is 1.02. The number of rotatable bonds is 3. The molecular formula is C38H23N3S. The van der Waals surface area contributed by atoms with Crippen LogP contribution < -0.4 is 0 Å². The number of aromatic nitrogens is 3. The molecule has 0 spiro atoms. The molecule has 42 heavy (non-hydrogen) atoms. The number of fused-ring (bicyclic) bond motifs is 8. The zero-order valence-corrected chi connectivity index (χ0v) is 23.3. The maximum atomic E-state index is 5.35. The first-order valence-electron chi connectivity index (χ1n) is 14.1. The quantitative estimate of drug-likeness (QED) is 0.218. The predicted octanol–water partition coefficient (Wildman–Crippen LogP) is 10.4. The summed E-state index contributed by atoms with van der Waals surface area (Å²) in [6.07, 6.45) is 0. The van der Waals surface area contributed by atoms with Gasteiger partial charge in [0.25, 0.3) is 0 Å². The van der Waals surface area contributed by atoms with Gasteiger partial charge in [0.1, 0.15) is 0 Å². The molecule has 0 aliphatic heterocycles. The highest BCUT2D eigenvalue weighted by Gasteiger charge is 2.19. The Bertz CT molecular complexity index is 2400.